The second-order valence-corrected chi connectivity index (χ2v) is 3.61. The van der Waals surface area contributed by atoms with Gasteiger partial charge in [0.2, 0.25) is 0 Å². The fourth-order valence-corrected chi connectivity index (χ4v) is 1.50. The van der Waals surface area contributed by atoms with E-state index in [4.69, 9.17) is 15.7 Å². The van der Waals surface area contributed by atoms with Crippen LogP contribution in [0.2, 0.25) is 0 Å². The molecule has 0 aliphatic rings. The molecule has 88 valence electrons. The van der Waals surface area contributed by atoms with E-state index >= 15 is 0 Å². The molecule has 0 fully saturated rings. The van der Waals surface area contributed by atoms with Crippen molar-refractivity contribution < 1.29 is 9.94 Å². The second kappa shape index (κ2) is 4.69. The number of para-hydroxylation sites is 1. The minimum atomic E-state index is -0.495. The van der Waals surface area contributed by atoms with Crippen LogP contribution in [0.15, 0.2) is 41.7 Å². The number of rotatable bonds is 3. The van der Waals surface area contributed by atoms with Crippen molar-refractivity contribution in [2.45, 2.75) is 13.0 Å². The number of nitrogens with zero attached hydrogens (tertiary/aromatic N) is 2. The Labute approximate surface area is 98.5 Å². The van der Waals surface area contributed by atoms with Crippen LogP contribution in [-0.2, 0) is 0 Å². The smallest absolute Gasteiger partial charge is 0.180 e. The molecule has 17 heavy (non-hydrogen) atoms. The quantitative estimate of drug-likeness (QED) is 0.365. The summed E-state index contributed by atoms with van der Waals surface area (Å²) in [7, 11) is 0. The van der Waals surface area contributed by atoms with E-state index in [1.807, 2.05) is 24.3 Å². The maximum atomic E-state index is 8.57. The molecular formula is C12H13N3O2. The minimum Gasteiger partial charge on any atom is -0.482 e. The Bertz CT molecular complexity index is 549. The van der Waals surface area contributed by atoms with Gasteiger partial charge in [0, 0.05) is 11.6 Å². The van der Waals surface area contributed by atoms with Crippen molar-refractivity contribution in [2.24, 2.45) is 10.9 Å². The number of ether oxygens (including phenoxy) is 1. The first-order valence-corrected chi connectivity index (χ1v) is 5.20. The summed E-state index contributed by atoms with van der Waals surface area (Å²) in [5.74, 6) is 0.695. The lowest BCUT2D eigenvalue weighted by atomic mass is 10.2. The van der Waals surface area contributed by atoms with E-state index in [0.717, 1.165) is 10.9 Å². The number of fused-ring (bicyclic) bond motifs is 1. The molecule has 1 heterocycles. The first kappa shape index (κ1) is 11.2. The van der Waals surface area contributed by atoms with Crippen LogP contribution in [0.3, 0.4) is 0 Å². The van der Waals surface area contributed by atoms with E-state index in [0.29, 0.717) is 5.75 Å². The van der Waals surface area contributed by atoms with Crippen molar-refractivity contribution in [2.75, 3.05) is 0 Å². The standard InChI is InChI=1S/C12H13N3O2/c1-8(12(13)15-16)17-11-6-7-14-10-5-3-2-4-9(10)11/h2-8,16H,1H3,(H2,13,15). The molecule has 5 nitrogen and oxygen atoms in total. The maximum absolute atomic E-state index is 8.57. The Hall–Kier alpha value is -2.30. The van der Waals surface area contributed by atoms with Gasteiger partial charge in [0.1, 0.15) is 5.75 Å². The van der Waals surface area contributed by atoms with Crippen molar-refractivity contribution in [1.29, 1.82) is 0 Å². The number of hydrogen-bond donors (Lipinski definition) is 2. The predicted octanol–water partition coefficient (Wildman–Crippen LogP) is 1.75. The number of benzene rings is 1. The predicted molar refractivity (Wildman–Crippen MR) is 65.2 cm³/mol. The second-order valence-electron chi connectivity index (χ2n) is 3.61. The molecule has 0 amide bonds. The molecule has 2 rings (SSSR count). The minimum absolute atomic E-state index is 0.0332. The zero-order valence-corrected chi connectivity index (χ0v) is 9.37. The molecule has 0 aliphatic carbocycles. The van der Waals surface area contributed by atoms with E-state index in [2.05, 4.69) is 10.1 Å². The van der Waals surface area contributed by atoms with Crippen LogP contribution >= 0.6 is 0 Å². The first-order chi connectivity index (χ1) is 8.22. The van der Waals surface area contributed by atoms with Gasteiger partial charge in [0.15, 0.2) is 11.9 Å². The van der Waals surface area contributed by atoms with Gasteiger partial charge in [0.05, 0.1) is 5.52 Å². The van der Waals surface area contributed by atoms with Crippen molar-refractivity contribution in [1.82, 2.24) is 4.98 Å². The van der Waals surface area contributed by atoms with Crippen molar-refractivity contribution >= 4 is 16.7 Å². The number of aromatic nitrogens is 1. The van der Waals surface area contributed by atoms with Crippen LogP contribution in [0.4, 0.5) is 0 Å². The third-order valence-electron chi connectivity index (χ3n) is 2.44. The van der Waals surface area contributed by atoms with Gasteiger partial charge in [-0.1, -0.05) is 17.3 Å². The Morgan fingerprint density at radius 1 is 1.41 bits per heavy atom. The zero-order valence-electron chi connectivity index (χ0n) is 9.37. The van der Waals surface area contributed by atoms with Gasteiger partial charge in [-0.2, -0.15) is 0 Å². The number of nitrogens with two attached hydrogens (primary N) is 1. The van der Waals surface area contributed by atoms with Gasteiger partial charge in [-0.3, -0.25) is 4.98 Å². The highest BCUT2D eigenvalue weighted by Gasteiger charge is 2.11. The molecule has 0 saturated carbocycles. The summed E-state index contributed by atoms with van der Waals surface area (Å²) in [5.41, 5.74) is 6.31. The van der Waals surface area contributed by atoms with Gasteiger partial charge in [0.25, 0.3) is 0 Å². The van der Waals surface area contributed by atoms with Crippen LogP contribution in [0, 0.1) is 0 Å². The summed E-state index contributed by atoms with van der Waals surface area (Å²) in [6.07, 6.45) is 1.17. The summed E-state index contributed by atoms with van der Waals surface area (Å²) in [6, 6.07) is 9.38. The van der Waals surface area contributed by atoms with E-state index in [1.54, 1.807) is 19.2 Å². The van der Waals surface area contributed by atoms with E-state index in [-0.39, 0.29) is 5.84 Å². The summed E-state index contributed by atoms with van der Waals surface area (Å²) in [4.78, 5) is 4.22. The molecule has 0 aliphatic heterocycles. The average molecular weight is 231 g/mol. The maximum Gasteiger partial charge on any atom is 0.180 e. The molecule has 1 aromatic heterocycles. The summed E-state index contributed by atoms with van der Waals surface area (Å²) in [5, 5.41) is 12.4. The highest BCUT2D eigenvalue weighted by atomic mass is 16.5. The Morgan fingerprint density at radius 3 is 2.94 bits per heavy atom. The van der Waals surface area contributed by atoms with Crippen LogP contribution in [-0.4, -0.2) is 22.1 Å². The topological polar surface area (TPSA) is 80.7 Å². The van der Waals surface area contributed by atoms with E-state index < -0.39 is 6.10 Å². The fourth-order valence-electron chi connectivity index (χ4n) is 1.50. The normalized spacial score (nSPS) is 13.6. The van der Waals surface area contributed by atoms with Crippen LogP contribution in [0.25, 0.3) is 10.9 Å². The molecule has 0 bridgehead atoms. The number of pyridine rings is 1. The highest BCUT2D eigenvalue weighted by molar-refractivity contribution is 5.87. The number of hydrogen-bond acceptors (Lipinski definition) is 4. The van der Waals surface area contributed by atoms with Gasteiger partial charge in [-0.05, 0) is 25.1 Å². The van der Waals surface area contributed by atoms with Gasteiger partial charge >= 0.3 is 0 Å². The van der Waals surface area contributed by atoms with Crippen molar-refractivity contribution in [3.8, 4) is 5.75 Å². The third-order valence-corrected chi connectivity index (χ3v) is 2.44. The van der Waals surface area contributed by atoms with Crippen LogP contribution in [0.5, 0.6) is 5.75 Å². The molecule has 2 aromatic rings. The molecule has 1 unspecified atom stereocenters. The fraction of sp³-hybridized carbons (Fsp3) is 0.167. The molecule has 0 spiro atoms. The van der Waals surface area contributed by atoms with Crippen LogP contribution in [0.1, 0.15) is 6.92 Å². The zero-order chi connectivity index (χ0) is 12.3. The molecule has 1 aromatic carbocycles. The summed E-state index contributed by atoms with van der Waals surface area (Å²) >= 11 is 0. The average Bonchev–Trinajstić information content (AvgIpc) is 2.38. The van der Waals surface area contributed by atoms with Gasteiger partial charge < -0.3 is 15.7 Å². The lowest BCUT2D eigenvalue weighted by molar-refractivity contribution is 0.268. The molecule has 5 heteroatoms. The largest absolute Gasteiger partial charge is 0.482 e. The molecule has 0 saturated heterocycles. The number of amidine groups is 1. The van der Waals surface area contributed by atoms with Gasteiger partial charge in [-0.15, -0.1) is 0 Å². The monoisotopic (exact) mass is 231 g/mol. The van der Waals surface area contributed by atoms with E-state index in [9.17, 15) is 0 Å². The Balaban J connectivity index is 2.36. The van der Waals surface area contributed by atoms with E-state index in [1.165, 1.54) is 0 Å². The van der Waals surface area contributed by atoms with Crippen molar-refractivity contribution in [3.63, 3.8) is 0 Å². The number of oxime groups is 1. The molecule has 1 atom stereocenters. The van der Waals surface area contributed by atoms with Crippen molar-refractivity contribution in [3.05, 3.63) is 36.5 Å². The lowest BCUT2D eigenvalue weighted by Gasteiger charge is -2.14. The molecular weight excluding hydrogens is 218 g/mol. The highest BCUT2D eigenvalue weighted by Crippen LogP contribution is 2.24. The summed E-state index contributed by atoms with van der Waals surface area (Å²) < 4.78 is 5.62. The molecule has 0 radical (unpaired) electrons. The summed E-state index contributed by atoms with van der Waals surface area (Å²) in [6.45, 7) is 1.71. The third kappa shape index (κ3) is 2.28. The lowest BCUT2D eigenvalue weighted by Crippen LogP contribution is -2.31. The Kier molecular flexibility index (Phi) is 3.09. The SMILES string of the molecule is CC(Oc1ccnc2ccccc12)/C(N)=N\O. The van der Waals surface area contributed by atoms with Crippen LogP contribution < -0.4 is 10.5 Å². The molecule has 3 N–H and O–H groups in total. The first-order valence-electron chi connectivity index (χ1n) is 5.20. The Morgan fingerprint density at radius 2 is 2.18 bits per heavy atom. The van der Waals surface area contributed by atoms with Gasteiger partial charge in [-0.25, -0.2) is 0 Å².